The van der Waals surface area contributed by atoms with Crippen molar-refractivity contribution in [3.8, 4) is 11.5 Å². The van der Waals surface area contributed by atoms with Crippen LogP contribution in [0.15, 0.2) is 56.5 Å². The van der Waals surface area contributed by atoms with E-state index in [4.69, 9.17) is 14.2 Å². The predicted octanol–water partition coefficient (Wildman–Crippen LogP) is 2.98. The molecule has 31 heavy (non-hydrogen) atoms. The van der Waals surface area contributed by atoms with E-state index in [1.165, 1.54) is 6.21 Å². The molecule has 1 aliphatic rings. The first kappa shape index (κ1) is 23.2. The Morgan fingerprint density at radius 2 is 1.90 bits per heavy atom. The summed E-state index contributed by atoms with van der Waals surface area (Å²) < 4.78 is 17.8. The maximum Gasteiger partial charge on any atom is 0.277 e. The number of hydrogen-bond donors (Lipinski definition) is 1. The Morgan fingerprint density at radius 1 is 1.10 bits per heavy atom. The number of carbonyl (C=O) groups excluding carboxylic acids is 2. The molecule has 0 saturated carbocycles. The van der Waals surface area contributed by atoms with E-state index in [1.54, 1.807) is 35.2 Å². The Bertz CT molecular complexity index is 948. The van der Waals surface area contributed by atoms with Gasteiger partial charge in [0, 0.05) is 17.6 Å². The lowest BCUT2D eigenvalue weighted by atomic mass is 10.2. The van der Waals surface area contributed by atoms with Crippen LogP contribution in [0.3, 0.4) is 0 Å². The Labute approximate surface area is 196 Å². The van der Waals surface area contributed by atoms with Crippen molar-refractivity contribution in [1.29, 1.82) is 0 Å². The van der Waals surface area contributed by atoms with Gasteiger partial charge in [-0.1, -0.05) is 22.0 Å². The Morgan fingerprint density at radius 3 is 2.65 bits per heavy atom. The molecule has 3 rings (SSSR count). The van der Waals surface area contributed by atoms with Gasteiger partial charge in [0.2, 0.25) is 0 Å². The largest absolute Gasteiger partial charge is 0.484 e. The lowest BCUT2D eigenvalue weighted by Crippen LogP contribution is -2.43. The Hall–Kier alpha value is -2.43. The highest BCUT2D eigenvalue weighted by Crippen LogP contribution is 2.25. The van der Waals surface area contributed by atoms with E-state index >= 15 is 0 Å². The molecule has 1 fully saturated rings. The van der Waals surface area contributed by atoms with E-state index in [9.17, 15) is 9.59 Å². The van der Waals surface area contributed by atoms with E-state index in [1.807, 2.05) is 12.1 Å². The van der Waals surface area contributed by atoms with Crippen molar-refractivity contribution >= 4 is 49.9 Å². The van der Waals surface area contributed by atoms with Crippen molar-refractivity contribution in [2.24, 2.45) is 5.10 Å². The highest BCUT2D eigenvalue weighted by atomic mass is 79.9. The molecule has 2 aromatic rings. The van der Waals surface area contributed by atoms with Crippen LogP contribution in [-0.2, 0) is 14.3 Å². The van der Waals surface area contributed by atoms with Crippen LogP contribution in [0.2, 0.25) is 0 Å². The smallest absolute Gasteiger partial charge is 0.277 e. The summed E-state index contributed by atoms with van der Waals surface area (Å²) in [5.41, 5.74) is 3.16. The number of ether oxygens (including phenoxy) is 3. The number of amides is 2. The predicted molar refractivity (Wildman–Crippen MR) is 122 cm³/mol. The van der Waals surface area contributed by atoms with Crippen LogP contribution in [0.5, 0.6) is 11.5 Å². The Kier molecular flexibility index (Phi) is 8.86. The Balaban J connectivity index is 1.44. The zero-order valence-corrected chi connectivity index (χ0v) is 19.7. The van der Waals surface area contributed by atoms with Gasteiger partial charge in [-0.3, -0.25) is 9.59 Å². The van der Waals surface area contributed by atoms with Crippen molar-refractivity contribution in [3.05, 3.63) is 57.0 Å². The molecule has 0 bridgehead atoms. The normalized spacial score (nSPS) is 13.8. The third-order valence-corrected chi connectivity index (χ3v) is 5.35. The van der Waals surface area contributed by atoms with Gasteiger partial charge in [-0.2, -0.15) is 5.10 Å². The molecule has 1 aliphatic heterocycles. The number of nitrogens with zero attached hydrogens (tertiary/aromatic N) is 2. The number of nitrogens with one attached hydrogen (secondary N) is 1. The molecule has 1 heterocycles. The van der Waals surface area contributed by atoms with Gasteiger partial charge in [-0.05, 0) is 57.9 Å². The summed E-state index contributed by atoms with van der Waals surface area (Å²) in [5, 5.41) is 3.93. The third-order valence-electron chi connectivity index (χ3n) is 4.24. The third kappa shape index (κ3) is 7.64. The van der Waals surface area contributed by atoms with Crippen molar-refractivity contribution in [1.82, 2.24) is 10.3 Å². The fraction of sp³-hybridized carbons (Fsp3) is 0.286. The summed E-state index contributed by atoms with van der Waals surface area (Å²) in [6, 6.07) is 12.5. The van der Waals surface area contributed by atoms with E-state index in [0.717, 1.165) is 10.0 Å². The summed E-state index contributed by atoms with van der Waals surface area (Å²) in [5.74, 6) is 0.677. The second kappa shape index (κ2) is 11.8. The van der Waals surface area contributed by atoms with E-state index in [0.29, 0.717) is 42.3 Å². The highest BCUT2D eigenvalue weighted by Gasteiger charge is 2.17. The standard InChI is InChI=1S/C21H21Br2N3O5/c22-16-2-1-3-17(11-16)30-13-20(27)25-24-12-15-4-5-19(18(23)10-15)31-14-21(28)26-6-8-29-9-7-26/h1-5,10-12H,6-9,13-14H2,(H,25,27)/b24-12+. The summed E-state index contributed by atoms with van der Waals surface area (Å²) >= 11 is 6.77. The van der Waals surface area contributed by atoms with Gasteiger partial charge < -0.3 is 19.1 Å². The molecular formula is C21H21Br2N3O5. The van der Waals surface area contributed by atoms with Gasteiger partial charge in [0.25, 0.3) is 11.8 Å². The number of halogens is 2. The molecule has 0 spiro atoms. The maximum absolute atomic E-state index is 12.2. The van der Waals surface area contributed by atoms with Gasteiger partial charge in [0.05, 0.1) is 23.9 Å². The lowest BCUT2D eigenvalue weighted by molar-refractivity contribution is -0.137. The molecule has 10 heteroatoms. The van der Waals surface area contributed by atoms with Crippen LogP contribution in [0.1, 0.15) is 5.56 Å². The minimum Gasteiger partial charge on any atom is -0.484 e. The topological polar surface area (TPSA) is 89.5 Å². The first-order valence-electron chi connectivity index (χ1n) is 9.49. The van der Waals surface area contributed by atoms with Crippen molar-refractivity contribution in [3.63, 3.8) is 0 Å². The molecule has 0 aliphatic carbocycles. The first-order chi connectivity index (χ1) is 15.0. The van der Waals surface area contributed by atoms with Crippen LogP contribution >= 0.6 is 31.9 Å². The van der Waals surface area contributed by atoms with Crippen molar-refractivity contribution in [2.45, 2.75) is 0 Å². The van der Waals surface area contributed by atoms with Crippen molar-refractivity contribution in [2.75, 3.05) is 39.5 Å². The number of hydrogen-bond acceptors (Lipinski definition) is 6. The van der Waals surface area contributed by atoms with Gasteiger partial charge in [0.1, 0.15) is 11.5 Å². The van der Waals surface area contributed by atoms with Crippen molar-refractivity contribution < 1.29 is 23.8 Å². The number of rotatable bonds is 8. The monoisotopic (exact) mass is 553 g/mol. The summed E-state index contributed by atoms with van der Waals surface area (Å²) in [4.78, 5) is 25.8. The minimum atomic E-state index is -0.378. The van der Waals surface area contributed by atoms with Gasteiger partial charge in [-0.15, -0.1) is 0 Å². The minimum absolute atomic E-state index is 0.0416. The van der Waals surface area contributed by atoms with Gasteiger partial charge in [0.15, 0.2) is 13.2 Å². The molecule has 2 aromatic carbocycles. The maximum atomic E-state index is 12.2. The molecule has 164 valence electrons. The molecule has 8 nitrogen and oxygen atoms in total. The summed E-state index contributed by atoms with van der Waals surface area (Å²) in [6.45, 7) is 2.07. The summed E-state index contributed by atoms with van der Waals surface area (Å²) in [6.07, 6.45) is 1.50. The number of morpholine rings is 1. The van der Waals surface area contributed by atoms with E-state index in [2.05, 4.69) is 42.4 Å². The fourth-order valence-corrected chi connectivity index (χ4v) is 3.56. The van der Waals surface area contributed by atoms with E-state index in [-0.39, 0.29) is 25.0 Å². The van der Waals surface area contributed by atoms with Gasteiger partial charge in [-0.25, -0.2) is 5.43 Å². The number of benzene rings is 2. The average Bonchev–Trinajstić information content (AvgIpc) is 2.77. The van der Waals surface area contributed by atoms with Crippen LogP contribution < -0.4 is 14.9 Å². The molecule has 0 aromatic heterocycles. The van der Waals surface area contributed by atoms with Crippen LogP contribution in [0.4, 0.5) is 0 Å². The summed E-state index contributed by atoms with van der Waals surface area (Å²) in [7, 11) is 0. The number of hydrazone groups is 1. The fourth-order valence-electron chi connectivity index (χ4n) is 2.67. The molecule has 0 atom stereocenters. The number of carbonyl (C=O) groups is 2. The SMILES string of the molecule is O=C(COc1cccc(Br)c1)N/N=C/c1ccc(OCC(=O)N2CCOCC2)c(Br)c1. The molecular weight excluding hydrogens is 534 g/mol. The van der Waals surface area contributed by atoms with Crippen LogP contribution in [0.25, 0.3) is 0 Å². The van der Waals surface area contributed by atoms with Gasteiger partial charge >= 0.3 is 0 Å². The average molecular weight is 555 g/mol. The lowest BCUT2D eigenvalue weighted by Gasteiger charge is -2.26. The second-order valence-corrected chi connectivity index (χ2v) is 8.28. The molecule has 0 radical (unpaired) electrons. The molecule has 1 N–H and O–H groups in total. The highest BCUT2D eigenvalue weighted by molar-refractivity contribution is 9.10. The molecule has 1 saturated heterocycles. The second-order valence-electron chi connectivity index (χ2n) is 6.51. The first-order valence-corrected chi connectivity index (χ1v) is 11.1. The zero-order valence-electron chi connectivity index (χ0n) is 16.6. The molecule has 2 amide bonds. The molecule has 0 unspecified atom stereocenters. The zero-order chi connectivity index (χ0) is 22.1. The quantitative estimate of drug-likeness (QED) is 0.400. The van der Waals surface area contributed by atoms with E-state index < -0.39 is 0 Å². The van der Waals surface area contributed by atoms with Crippen LogP contribution in [0, 0.1) is 0 Å². The van der Waals surface area contributed by atoms with Crippen LogP contribution in [-0.4, -0.2) is 62.4 Å².